The quantitative estimate of drug-likeness (QED) is 0.584. The monoisotopic (exact) mass is 410 g/mol. The van der Waals surface area contributed by atoms with E-state index in [-0.39, 0.29) is 18.3 Å². The summed E-state index contributed by atoms with van der Waals surface area (Å²) in [6, 6.07) is 7.78. The Kier molecular flexibility index (Phi) is 6.08. The van der Waals surface area contributed by atoms with Crippen LogP contribution in [0, 0.1) is 12.7 Å². The van der Waals surface area contributed by atoms with Crippen LogP contribution in [0.1, 0.15) is 30.5 Å². The first kappa shape index (κ1) is 20.0. The Bertz CT molecular complexity index is 979. The zero-order valence-corrected chi connectivity index (χ0v) is 15.9. The molecule has 0 N–H and O–H groups in total. The fraction of sp³-hybridized carbons (Fsp3) is 0.278. The second kappa shape index (κ2) is 8.51. The number of halogens is 3. The van der Waals surface area contributed by atoms with Gasteiger partial charge in [-0.3, -0.25) is 9.29 Å². The molecule has 0 amide bonds. The molecular formula is C18H17F3N4O2S. The van der Waals surface area contributed by atoms with E-state index >= 15 is 0 Å². The topological polar surface area (TPSA) is 72.1 Å². The standard InChI is InChI=1S/C18H17F3N4O2S/c1-3-28(26)25(14-6-7-15(19)11(2)8-14)10-13-5-4-12(9-22-13)17-23-24-18(27-17)16(20)21/h4-9,16H,3,10H2,1-2H3. The van der Waals surface area contributed by atoms with E-state index in [1.807, 2.05) is 0 Å². The summed E-state index contributed by atoms with van der Waals surface area (Å²) in [6.45, 7) is 3.64. The molecule has 6 nitrogen and oxygen atoms in total. The minimum Gasteiger partial charge on any atom is -0.415 e. The van der Waals surface area contributed by atoms with Gasteiger partial charge in [0.25, 0.3) is 5.89 Å². The lowest BCUT2D eigenvalue weighted by atomic mass is 10.2. The number of hydrogen-bond acceptors (Lipinski definition) is 5. The Morgan fingerprint density at radius 2 is 2.00 bits per heavy atom. The Hall–Kier alpha value is -2.75. The molecule has 0 saturated heterocycles. The maximum absolute atomic E-state index is 13.6. The van der Waals surface area contributed by atoms with Gasteiger partial charge in [-0.1, -0.05) is 6.92 Å². The number of alkyl halides is 2. The molecule has 0 fully saturated rings. The van der Waals surface area contributed by atoms with E-state index in [0.717, 1.165) is 0 Å². The number of aryl methyl sites for hydroxylation is 1. The first-order chi connectivity index (χ1) is 13.4. The Morgan fingerprint density at radius 3 is 2.57 bits per heavy atom. The number of hydrogen-bond donors (Lipinski definition) is 0. The molecule has 2 aromatic heterocycles. The van der Waals surface area contributed by atoms with Gasteiger partial charge < -0.3 is 4.42 Å². The van der Waals surface area contributed by atoms with E-state index in [2.05, 4.69) is 15.2 Å². The maximum atomic E-state index is 13.6. The summed E-state index contributed by atoms with van der Waals surface area (Å²) in [5.41, 5.74) is 2.04. The van der Waals surface area contributed by atoms with Gasteiger partial charge in [-0.15, -0.1) is 10.2 Å². The smallest absolute Gasteiger partial charge is 0.314 e. The number of rotatable bonds is 7. The van der Waals surface area contributed by atoms with Gasteiger partial charge in [0.2, 0.25) is 5.89 Å². The lowest BCUT2D eigenvalue weighted by Crippen LogP contribution is -2.27. The van der Waals surface area contributed by atoms with Crippen molar-refractivity contribution in [2.24, 2.45) is 0 Å². The van der Waals surface area contributed by atoms with E-state index in [1.54, 1.807) is 42.4 Å². The van der Waals surface area contributed by atoms with E-state index < -0.39 is 23.3 Å². The van der Waals surface area contributed by atoms with Crippen LogP contribution in [-0.2, 0) is 17.5 Å². The summed E-state index contributed by atoms with van der Waals surface area (Å²) in [7, 11) is -1.33. The normalized spacial score (nSPS) is 12.4. The fourth-order valence-electron chi connectivity index (χ4n) is 2.45. The molecule has 10 heteroatoms. The molecular weight excluding hydrogens is 393 g/mol. The largest absolute Gasteiger partial charge is 0.415 e. The third-order valence-corrected chi connectivity index (χ3v) is 5.25. The zero-order valence-electron chi connectivity index (χ0n) is 15.1. The van der Waals surface area contributed by atoms with Crippen LogP contribution >= 0.6 is 0 Å². The Morgan fingerprint density at radius 1 is 1.21 bits per heavy atom. The van der Waals surface area contributed by atoms with Gasteiger partial charge in [0.15, 0.2) is 0 Å². The van der Waals surface area contributed by atoms with Crippen LogP contribution in [0.4, 0.5) is 18.9 Å². The van der Waals surface area contributed by atoms with E-state index in [4.69, 9.17) is 4.42 Å². The van der Waals surface area contributed by atoms with Gasteiger partial charge in [-0.2, -0.15) is 8.78 Å². The van der Waals surface area contributed by atoms with E-state index in [9.17, 15) is 17.4 Å². The van der Waals surface area contributed by atoms with Crippen molar-refractivity contribution in [3.63, 3.8) is 0 Å². The first-order valence-corrected chi connectivity index (χ1v) is 9.65. The predicted molar refractivity (Wildman–Crippen MR) is 98.5 cm³/mol. The number of anilines is 1. The molecule has 0 aliphatic rings. The van der Waals surface area contributed by atoms with Crippen molar-refractivity contribution in [1.82, 2.24) is 15.2 Å². The van der Waals surface area contributed by atoms with Gasteiger partial charge in [0, 0.05) is 11.9 Å². The van der Waals surface area contributed by atoms with Crippen molar-refractivity contribution in [2.45, 2.75) is 26.8 Å². The summed E-state index contributed by atoms with van der Waals surface area (Å²) in [6.07, 6.45) is -1.42. The van der Waals surface area contributed by atoms with Crippen molar-refractivity contribution in [3.05, 3.63) is 59.5 Å². The van der Waals surface area contributed by atoms with Crippen LogP contribution in [0.2, 0.25) is 0 Å². The number of pyridine rings is 1. The highest BCUT2D eigenvalue weighted by Gasteiger charge is 2.18. The lowest BCUT2D eigenvalue weighted by Gasteiger charge is -2.23. The highest BCUT2D eigenvalue weighted by atomic mass is 32.2. The Balaban J connectivity index is 1.82. The van der Waals surface area contributed by atoms with Crippen molar-refractivity contribution in [1.29, 1.82) is 0 Å². The first-order valence-electron chi connectivity index (χ1n) is 8.38. The van der Waals surface area contributed by atoms with E-state index in [1.165, 1.54) is 12.3 Å². The van der Waals surface area contributed by atoms with Crippen molar-refractivity contribution < 1.29 is 21.8 Å². The number of nitrogens with zero attached hydrogens (tertiary/aromatic N) is 4. The van der Waals surface area contributed by atoms with Crippen LogP contribution < -0.4 is 4.31 Å². The molecule has 1 aromatic carbocycles. The average Bonchev–Trinajstić information content (AvgIpc) is 3.19. The minimum absolute atomic E-state index is 0.0579. The highest BCUT2D eigenvalue weighted by molar-refractivity contribution is 7.86. The van der Waals surface area contributed by atoms with Gasteiger partial charge in [0.05, 0.1) is 23.5 Å². The summed E-state index contributed by atoms with van der Waals surface area (Å²) >= 11 is 0. The molecule has 0 aliphatic carbocycles. The molecule has 0 spiro atoms. The zero-order chi connectivity index (χ0) is 20.3. The molecule has 1 unspecified atom stereocenters. The van der Waals surface area contributed by atoms with Gasteiger partial charge in [-0.25, -0.2) is 8.60 Å². The molecule has 0 radical (unpaired) electrons. The second-order valence-corrected chi connectivity index (χ2v) is 7.53. The molecule has 0 saturated carbocycles. The molecule has 1 atom stereocenters. The van der Waals surface area contributed by atoms with Crippen molar-refractivity contribution in [3.8, 4) is 11.5 Å². The molecule has 148 valence electrons. The molecule has 2 heterocycles. The second-order valence-electron chi connectivity index (χ2n) is 5.86. The van der Waals surface area contributed by atoms with Crippen LogP contribution in [0.3, 0.4) is 0 Å². The van der Waals surface area contributed by atoms with Gasteiger partial charge in [-0.05, 0) is 42.8 Å². The third kappa shape index (κ3) is 4.38. The van der Waals surface area contributed by atoms with Gasteiger partial charge in [0.1, 0.15) is 16.8 Å². The minimum atomic E-state index is -2.84. The SMILES string of the molecule is CCS(=O)N(Cc1ccc(-c2nnc(C(F)F)o2)cn1)c1ccc(F)c(C)c1. The molecule has 0 aliphatic heterocycles. The summed E-state index contributed by atoms with van der Waals surface area (Å²) in [5, 5.41) is 6.85. The van der Waals surface area contributed by atoms with E-state index in [0.29, 0.717) is 28.3 Å². The molecule has 28 heavy (non-hydrogen) atoms. The van der Waals surface area contributed by atoms with Crippen molar-refractivity contribution >= 4 is 16.7 Å². The van der Waals surface area contributed by atoms with Crippen molar-refractivity contribution in [2.75, 3.05) is 10.1 Å². The molecule has 3 aromatic rings. The summed E-state index contributed by atoms with van der Waals surface area (Å²) in [4.78, 5) is 4.27. The number of aromatic nitrogens is 3. The van der Waals surface area contributed by atoms with Crippen LogP contribution in [-0.4, -0.2) is 25.1 Å². The van der Waals surface area contributed by atoms with Crippen LogP contribution in [0.25, 0.3) is 11.5 Å². The van der Waals surface area contributed by atoms with Crippen LogP contribution in [0.15, 0.2) is 40.9 Å². The van der Waals surface area contributed by atoms with Crippen LogP contribution in [0.5, 0.6) is 0 Å². The maximum Gasteiger partial charge on any atom is 0.314 e. The fourth-order valence-corrected chi connectivity index (χ4v) is 3.39. The predicted octanol–water partition coefficient (Wildman–Crippen LogP) is 4.21. The highest BCUT2D eigenvalue weighted by Crippen LogP contribution is 2.25. The Labute approximate surface area is 162 Å². The van der Waals surface area contributed by atoms with Gasteiger partial charge >= 0.3 is 6.43 Å². The summed E-state index contributed by atoms with van der Waals surface area (Å²) < 4.78 is 57.7. The molecule has 0 bridgehead atoms. The number of benzene rings is 1. The average molecular weight is 410 g/mol. The summed E-state index contributed by atoms with van der Waals surface area (Å²) in [5.74, 6) is -0.767. The third-order valence-electron chi connectivity index (χ3n) is 3.93. The lowest BCUT2D eigenvalue weighted by molar-refractivity contribution is 0.116. The molecule has 3 rings (SSSR count).